The maximum Gasteiger partial charge on any atom is 0.333 e. The second kappa shape index (κ2) is 9.02. The minimum absolute atomic E-state index is 0.00440. The van der Waals surface area contributed by atoms with E-state index in [-0.39, 0.29) is 36.5 Å². The van der Waals surface area contributed by atoms with Crippen molar-refractivity contribution in [1.29, 1.82) is 0 Å². The average molecular weight is 380 g/mol. The van der Waals surface area contributed by atoms with Crippen LogP contribution in [0, 0.1) is 11.8 Å². The summed E-state index contributed by atoms with van der Waals surface area (Å²) in [5.41, 5.74) is 0.648. The molecule has 0 aromatic rings. The Morgan fingerprint density at radius 2 is 2.19 bits per heavy atom. The average Bonchev–Trinajstić information content (AvgIpc) is 3.37. The standard InChI is InChI=1S/C21H32O6/c1-6-14(4)19(23)26-12-21-17(22)11-16(13(2)3)8-7-15(20(24)25-5)9-10-18(21)27-21/h7,14,16-18,22H,2,6,8-12H2,1,3-5H3/b15-7-/t14-,16+,17+,18-,21-/m1/s1. The zero-order chi connectivity index (χ0) is 20.2. The first-order valence-electron chi connectivity index (χ1n) is 9.70. The number of aliphatic hydroxyl groups is 1. The summed E-state index contributed by atoms with van der Waals surface area (Å²) in [4.78, 5) is 24.1. The monoisotopic (exact) mass is 380 g/mol. The SMILES string of the molecule is C=C(C)[C@H]1C/C=C(\C(=O)OC)CC[C@H]2O[C@]2(COC(=O)[C@H](C)CC)[C@@H](O)C1. The predicted molar refractivity (Wildman–Crippen MR) is 101 cm³/mol. The molecule has 0 saturated carbocycles. The van der Waals surface area contributed by atoms with Crippen LogP contribution < -0.4 is 0 Å². The first-order chi connectivity index (χ1) is 12.7. The Balaban J connectivity index is 2.17. The summed E-state index contributed by atoms with van der Waals surface area (Å²) in [5, 5.41) is 10.9. The minimum atomic E-state index is -0.893. The van der Waals surface area contributed by atoms with E-state index in [0.717, 1.165) is 5.57 Å². The van der Waals surface area contributed by atoms with E-state index in [0.29, 0.717) is 37.7 Å². The fourth-order valence-corrected chi connectivity index (χ4v) is 3.50. The highest BCUT2D eigenvalue weighted by atomic mass is 16.7. The molecule has 6 heteroatoms. The molecule has 1 N–H and O–H groups in total. The summed E-state index contributed by atoms with van der Waals surface area (Å²) in [6, 6.07) is 0. The number of esters is 2. The topological polar surface area (TPSA) is 85.4 Å². The molecule has 6 nitrogen and oxygen atoms in total. The summed E-state index contributed by atoms with van der Waals surface area (Å²) in [5.74, 6) is -0.805. The molecule has 2 aliphatic rings. The van der Waals surface area contributed by atoms with Crippen LogP contribution in [0.4, 0.5) is 0 Å². The number of rotatable bonds is 6. The van der Waals surface area contributed by atoms with Crippen LogP contribution in [0.15, 0.2) is 23.8 Å². The third-order valence-electron chi connectivity index (χ3n) is 5.85. The van der Waals surface area contributed by atoms with Gasteiger partial charge in [-0.25, -0.2) is 4.79 Å². The van der Waals surface area contributed by atoms with E-state index in [2.05, 4.69) is 6.58 Å². The number of aliphatic hydroxyl groups excluding tert-OH is 1. The van der Waals surface area contributed by atoms with Crippen LogP contribution in [0.3, 0.4) is 0 Å². The van der Waals surface area contributed by atoms with Gasteiger partial charge in [-0.1, -0.05) is 32.1 Å². The molecular formula is C21H32O6. The number of carbonyl (C=O) groups is 2. The van der Waals surface area contributed by atoms with Crippen LogP contribution in [-0.4, -0.2) is 48.6 Å². The fourth-order valence-electron chi connectivity index (χ4n) is 3.50. The second-order valence-corrected chi connectivity index (χ2v) is 7.77. The third kappa shape index (κ3) is 4.99. The van der Waals surface area contributed by atoms with E-state index < -0.39 is 11.7 Å². The largest absolute Gasteiger partial charge is 0.466 e. The van der Waals surface area contributed by atoms with Gasteiger partial charge in [-0.15, -0.1) is 0 Å². The van der Waals surface area contributed by atoms with Crippen LogP contribution in [0.25, 0.3) is 0 Å². The molecule has 152 valence electrons. The number of allylic oxidation sites excluding steroid dienone is 2. The minimum Gasteiger partial charge on any atom is -0.466 e. The molecule has 2 rings (SSSR count). The van der Waals surface area contributed by atoms with Crippen molar-refractivity contribution < 1.29 is 28.9 Å². The Labute approximate surface area is 161 Å². The van der Waals surface area contributed by atoms with Crippen molar-refractivity contribution in [3.05, 3.63) is 23.8 Å². The van der Waals surface area contributed by atoms with Gasteiger partial charge in [0.25, 0.3) is 0 Å². The lowest BCUT2D eigenvalue weighted by Gasteiger charge is -2.26. The lowest BCUT2D eigenvalue weighted by Crippen LogP contribution is -2.40. The third-order valence-corrected chi connectivity index (χ3v) is 5.85. The summed E-state index contributed by atoms with van der Waals surface area (Å²) >= 11 is 0. The Hall–Kier alpha value is -1.66. The second-order valence-electron chi connectivity index (χ2n) is 7.77. The zero-order valence-electron chi connectivity index (χ0n) is 16.8. The van der Waals surface area contributed by atoms with Crippen LogP contribution in [0.5, 0.6) is 0 Å². The van der Waals surface area contributed by atoms with Gasteiger partial charge in [0.15, 0.2) is 5.60 Å². The molecule has 1 fully saturated rings. The van der Waals surface area contributed by atoms with Crippen LogP contribution in [0.1, 0.15) is 52.9 Å². The Morgan fingerprint density at radius 1 is 1.48 bits per heavy atom. The molecule has 0 amide bonds. The summed E-state index contributed by atoms with van der Waals surface area (Å²) in [7, 11) is 1.37. The van der Waals surface area contributed by atoms with Gasteiger partial charge in [0.05, 0.1) is 25.2 Å². The normalized spacial score (nSPS) is 33.7. The number of hydrogen-bond donors (Lipinski definition) is 1. The number of hydrogen-bond acceptors (Lipinski definition) is 6. The van der Waals surface area contributed by atoms with Gasteiger partial charge in [-0.3, -0.25) is 4.79 Å². The van der Waals surface area contributed by atoms with Crippen molar-refractivity contribution >= 4 is 11.9 Å². The van der Waals surface area contributed by atoms with E-state index in [4.69, 9.17) is 14.2 Å². The van der Waals surface area contributed by atoms with Crippen LogP contribution >= 0.6 is 0 Å². The summed E-state index contributed by atoms with van der Waals surface area (Å²) in [6.07, 6.45) is 3.67. The number of methoxy groups -OCH3 is 1. The predicted octanol–water partition coefficient (Wildman–Crippen LogP) is 2.94. The molecule has 1 saturated heterocycles. The highest BCUT2D eigenvalue weighted by Gasteiger charge is 2.62. The first-order valence-corrected chi connectivity index (χ1v) is 9.70. The molecule has 1 heterocycles. The van der Waals surface area contributed by atoms with Gasteiger partial charge in [0, 0.05) is 5.57 Å². The Kier molecular flexibility index (Phi) is 7.23. The highest BCUT2D eigenvalue weighted by molar-refractivity contribution is 5.88. The Bertz CT molecular complexity index is 610. The number of fused-ring (bicyclic) bond motifs is 1. The van der Waals surface area contributed by atoms with Gasteiger partial charge in [-0.2, -0.15) is 0 Å². The molecule has 0 radical (unpaired) electrons. The molecule has 5 atom stereocenters. The van der Waals surface area contributed by atoms with Gasteiger partial charge in [-0.05, 0) is 44.9 Å². The van der Waals surface area contributed by atoms with E-state index in [1.54, 1.807) is 0 Å². The maximum atomic E-state index is 12.1. The lowest BCUT2D eigenvalue weighted by molar-refractivity contribution is -0.151. The van der Waals surface area contributed by atoms with E-state index in [1.165, 1.54) is 7.11 Å². The van der Waals surface area contributed by atoms with Gasteiger partial charge >= 0.3 is 11.9 Å². The molecule has 1 aliphatic carbocycles. The van der Waals surface area contributed by atoms with Crippen molar-refractivity contribution in [2.24, 2.45) is 11.8 Å². The Morgan fingerprint density at radius 3 is 2.78 bits per heavy atom. The summed E-state index contributed by atoms with van der Waals surface area (Å²) < 4.78 is 16.2. The molecule has 27 heavy (non-hydrogen) atoms. The fraction of sp³-hybridized carbons (Fsp3) is 0.714. The molecule has 0 aromatic carbocycles. The quantitative estimate of drug-likeness (QED) is 0.433. The van der Waals surface area contributed by atoms with Crippen molar-refractivity contribution in [3.63, 3.8) is 0 Å². The van der Waals surface area contributed by atoms with Crippen LogP contribution in [0.2, 0.25) is 0 Å². The van der Waals surface area contributed by atoms with Crippen LogP contribution in [-0.2, 0) is 23.8 Å². The number of carbonyl (C=O) groups excluding carboxylic acids is 2. The molecule has 0 aromatic heterocycles. The molecular weight excluding hydrogens is 348 g/mol. The van der Waals surface area contributed by atoms with Gasteiger partial charge < -0.3 is 19.3 Å². The number of epoxide rings is 1. The van der Waals surface area contributed by atoms with Gasteiger partial charge in [0.1, 0.15) is 6.61 Å². The van der Waals surface area contributed by atoms with E-state index in [9.17, 15) is 14.7 Å². The van der Waals surface area contributed by atoms with Crippen molar-refractivity contribution in [3.8, 4) is 0 Å². The zero-order valence-corrected chi connectivity index (χ0v) is 16.8. The van der Waals surface area contributed by atoms with Crippen molar-refractivity contribution in [2.45, 2.75) is 70.7 Å². The molecule has 1 aliphatic heterocycles. The van der Waals surface area contributed by atoms with Crippen molar-refractivity contribution in [1.82, 2.24) is 0 Å². The molecule has 0 bridgehead atoms. The first kappa shape index (κ1) is 21.6. The van der Waals surface area contributed by atoms with E-state index in [1.807, 2.05) is 26.8 Å². The smallest absolute Gasteiger partial charge is 0.333 e. The van der Waals surface area contributed by atoms with Gasteiger partial charge in [0.2, 0.25) is 0 Å². The highest BCUT2D eigenvalue weighted by Crippen LogP contribution is 2.46. The number of ether oxygens (including phenoxy) is 3. The molecule has 0 unspecified atom stereocenters. The maximum absolute atomic E-state index is 12.1. The summed E-state index contributed by atoms with van der Waals surface area (Å²) in [6.45, 7) is 9.71. The molecule has 0 spiro atoms. The van der Waals surface area contributed by atoms with Crippen molar-refractivity contribution in [2.75, 3.05) is 13.7 Å². The lowest BCUT2D eigenvalue weighted by atomic mass is 9.83. The van der Waals surface area contributed by atoms with E-state index >= 15 is 0 Å².